The third-order valence-electron chi connectivity index (χ3n) is 6.05. The molecule has 1 aliphatic heterocycles. The first-order chi connectivity index (χ1) is 17.3. The monoisotopic (exact) mass is 497 g/mol. The van der Waals surface area contributed by atoms with Crippen molar-refractivity contribution in [2.75, 3.05) is 10.6 Å². The lowest BCUT2D eigenvalue weighted by Crippen LogP contribution is -2.40. The van der Waals surface area contributed by atoms with Crippen LogP contribution in [0.3, 0.4) is 0 Å². The predicted molar refractivity (Wildman–Crippen MR) is 141 cm³/mol. The maximum atomic E-state index is 12.9. The van der Waals surface area contributed by atoms with E-state index in [2.05, 4.69) is 25.9 Å². The lowest BCUT2D eigenvalue weighted by Gasteiger charge is -2.27. The number of hydrogen-bond acceptors (Lipinski definition) is 5. The summed E-state index contributed by atoms with van der Waals surface area (Å²) in [5.41, 5.74) is 4.57. The molecule has 7 nitrogen and oxygen atoms in total. The van der Waals surface area contributed by atoms with Gasteiger partial charge in [-0.05, 0) is 61.9 Å². The summed E-state index contributed by atoms with van der Waals surface area (Å²) in [6, 6.07) is 22.3. The molecule has 0 spiro atoms. The second kappa shape index (κ2) is 9.43. The highest BCUT2D eigenvalue weighted by molar-refractivity contribution is 6.31. The van der Waals surface area contributed by atoms with Crippen molar-refractivity contribution >= 4 is 40.7 Å². The van der Waals surface area contributed by atoms with Crippen LogP contribution in [0.5, 0.6) is 0 Å². The number of nitrogens with one attached hydrogen (secondary N) is 3. The number of rotatable bonds is 5. The fourth-order valence-corrected chi connectivity index (χ4v) is 4.31. The van der Waals surface area contributed by atoms with Crippen LogP contribution in [0.2, 0.25) is 5.02 Å². The van der Waals surface area contributed by atoms with Crippen molar-refractivity contribution < 1.29 is 9.59 Å². The van der Waals surface area contributed by atoms with Crippen molar-refractivity contribution in [3.05, 3.63) is 101 Å². The molecule has 180 valence electrons. The number of nitrogens with zero attached hydrogens (tertiary/aromatic N) is 2. The van der Waals surface area contributed by atoms with Gasteiger partial charge in [-0.3, -0.25) is 9.59 Å². The van der Waals surface area contributed by atoms with Gasteiger partial charge >= 0.3 is 0 Å². The fourth-order valence-electron chi connectivity index (χ4n) is 4.14. The molecule has 1 aliphatic rings. The Bertz CT molecular complexity index is 1450. The molecule has 0 saturated heterocycles. The molecule has 0 atom stereocenters. The highest BCUT2D eigenvalue weighted by Gasteiger charge is 2.24. The summed E-state index contributed by atoms with van der Waals surface area (Å²) in [6.07, 6.45) is 1.83. The van der Waals surface area contributed by atoms with E-state index in [9.17, 15) is 9.59 Å². The number of carbonyl (C=O) groups is 2. The van der Waals surface area contributed by atoms with Crippen LogP contribution in [0.15, 0.2) is 79.0 Å². The molecule has 4 aromatic rings. The quantitative estimate of drug-likeness (QED) is 0.328. The van der Waals surface area contributed by atoms with Crippen molar-refractivity contribution in [1.82, 2.24) is 15.3 Å². The van der Waals surface area contributed by atoms with E-state index < -0.39 is 5.54 Å². The molecule has 0 fully saturated rings. The molecule has 2 amide bonds. The first kappa shape index (κ1) is 23.5. The van der Waals surface area contributed by atoms with Crippen LogP contribution >= 0.6 is 11.6 Å². The molecule has 1 aromatic heterocycles. The number of hydrogen-bond donors (Lipinski definition) is 3. The van der Waals surface area contributed by atoms with E-state index in [1.165, 1.54) is 0 Å². The van der Waals surface area contributed by atoms with Gasteiger partial charge in [0.15, 0.2) is 0 Å². The van der Waals surface area contributed by atoms with Gasteiger partial charge < -0.3 is 16.0 Å². The summed E-state index contributed by atoms with van der Waals surface area (Å²) in [5, 5.41) is 9.67. The SMILES string of the molecule is CC(C)(NC(=O)c1ccc(Nc2ncc3c(n2)-c2ccc(Cl)cc2NC(=O)C3)cc1)c1ccccc1. The Morgan fingerprint density at radius 3 is 2.53 bits per heavy atom. The average molecular weight is 498 g/mol. The number of amides is 2. The molecular formula is C28H24ClN5O2. The van der Waals surface area contributed by atoms with Crippen LogP contribution in [-0.2, 0) is 16.8 Å². The van der Waals surface area contributed by atoms with Gasteiger partial charge in [-0.1, -0.05) is 41.9 Å². The number of carbonyl (C=O) groups excluding carboxylic acids is 2. The van der Waals surface area contributed by atoms with Gasteiger partial charge in [0.25, 0.3) is 5.91 Å². The third kappa shape index (κ3) is 4.92. The fraction of sp³-hybridized carbons (Fsp3) is 0.143. The van der Waals surface area contributed by atoms with Crippen LogP contribution in [0.4, 0.5) is 17.3 Å². The van der Waals surface area contributed by atoms with Crippen molar-refractivity contribution in [3.8, 4) is 11.3 Å². The summed E-state index contributed by atoms with van der Waals surface area (Å²) in [7, 11) is 0. The van der Waals surface area contributed by atoms with Gasteiger partial charge in [-0.2, -0.15) is 0 Å². The normalized spacial score (nSPS) is 12.6. The zero-order valence-electron chi connectivity index (χ0n) is 19.8. The molecule has 5 rings (SSSR count). The molecule has 2 heterocycles. The first-order valence-corrected chi connectivity index (χ1v) is 11.9. The van der Waals surface area contributed by atoms with Crippen molar-refractivity contribution in [1.29, 1.82) is 0 Å². The minimum absolute atomic E-state index is 0.147. The van der Waals surface area contributed by atoms with Gasteiger partial charge in [0.2, 0.25) is 11.9 Å². The number of aromatic nitrogens is 2. The average Bonchev–Trinajstić information content (AvgIpc) is 2.99. The lowest BCUT2D eigenvalue weighted by molar-refractivity contribution is -0.115. The Balaban J connectivity index is 1.34. The van der Waals surface area contributed by atoms with Crippen LogP contribution in [0.1, 0.15) is 35.3 Å². The van der Waals surface area contributed by atoms with E-state index >= 15 is 0 Å². The molecule has 8 heteroatoms. The van der Waals surface area contributed by atoms with E-state index in [0.717, 1.165) is 22.4 Å². The van der Waals surface area contributed by atoms with Crippen molar-refractivity contribution in [2.24, 2.45) is 0 Å². The van der Waals surface area contributed by atoms with E-state index in [0.29, 0.717) is 27.9 Å². The van der Waals surface area contributed by atoms with E-state index in [-0.39, 0.29) is 18.2 Å². The van der Waals surface area contributed by atoms with Crippen LogP contribution < -0.4 is 16.0 Å². The number of fused-ring (bicyclic) bond motifs is 3. The third-order valence-corrected chi connectivity index (χ3v) is 6.29. The van der Waals surface area contributed by atoms with Gasteiger partial charge in [0.1, 0.15) is 0 Å². The Hall–Kier alpha value is -4.23. The topological polar surface area (TPSA) is 96.0 Å². The molecular weight excluding hydrogens is 474 g/mol. The molecule has 0 bridgehead atoms. The number of halogens is 1. The summed E-state index contributed by atoms with van der Waals surface area (Å²) < 4.78 is 0. The van der Waals surface area contributed by atoms with E-state index in [4.69, 9.17) is 11.6 Å². The molecule has 3 N–H and O–H groups in total. The standard InChI is InChI=1S/C28H24ClN5O2/c1-28(2,19-6-4-3-5-7-19)34-26(36)17-8-11-21(12-9-17)31-27-30-16-18-14-24(35)32-23-15-20(29)10-13-22(23)25(18)33-27/h3-13,15-16H,14H2,1-2H3,(H,32,35)(H,34,36)(H,30,31,33). The highest BCUT2D eigenvalue weighted by atomic mass is 35.5. The maximum absolute atomic E-state index is 12.9. The van der Waals surface area contributed by atoms with Crippen molar-refractivity contribution in [2.45, 2.75) is 25.8 Å². The Labute approximate surface area is 214 Å². The zero-order chi connectivity index (χ0) is 25.3. The van der Waals surface area contributed by atoms with Crippen LogP contribution in [-0.4, -0.2) is 21.8 Å². The largest absolute Gasteiger partial charge is 0.343 e. The minimum atomic E-state index is -0.512. The van der Waals surface area contributed by atoms with E-state index in [1.54, 1.807) is 42.6 Å². The van der Waals surface area contributed by atoms with E-state index in [1.807, 2.05) is 50.2 Å². The zero-order valence-corrected chi connectivity index (χ0v) is 20.6. The Kier molecular flexibility index (Phi) is 6.16. The predicted octanol–water partition coefficient (Wildman–Crippen LogP) is 5.70. The second-order valence-electron chi connectivity index (χ2n) is 9.13. The highest BCUT2D eigenvalue weighted by Crippen LogP contribution is 2.35. The number of anilines is 3. The molecule has 0 aliphatic carbocycles. The lowest BCUT2D eigenvalue weighted by atomic mass is 9.94. The molecule has 3 aromatic carbocycles. The smallest absolute Gasteiger partial charge is 0.251 e. The second-order valence-corrected chi connectivity index (χ2v) is 9.57. The number of benzene rings is 3. The summed E-state index contributed by atoms with van der Waals surface area (Å²) in [4.78, 5) is 34.2. The molecule has 36 heavy (non-hydrogen) atoms. The Morgan fingerprint density at radius 1 is 1.03 bits per heavy atom. The first-order valence-electron chi connectivity index (χ1n) is 11.5. The van der Waals surface area contributed by atoms with Gasteiger partial charge in [-0.15, -0.1) is 0 Å². The molecule has 0 saturated carbocycles. The van der Waals surface area contributed by atoms with Gasteiger partial charge in [0, 0.05) is 33.6 Å². The van der Waals surface area contributed by atoms with Crippen molar-refractivity contribution in [3.63, 3.8) is 0 Å². The minimum Gasteiger partial charge on any atom is -0.343 e. The summed E-state index contributed by atoms with van der Waals surface area (Å²) >= 11 is 6.12. The summed E-state index contributed by atoms with van der Waals surface area (Å²) in [6.45, 7) is 3.95. The maximum Gasteiger partial charge on any atom is 0.251 e. The van der Waals surface area contributed by atoms with Gasteiger partial charge in [0.05, 0.1) is 23.3 Å². The Morgan fingerprint density at radius 2 is 1.78 bits per heavy atom. The summed E-state index contributed by atoms with van der Waals surface area (Å²) in [5.74, 6) is 0.0708. The molecule has 0 radical (unpaired) electrons. The van der Waals surface area contributed by atoms with Crippen LogP contribution in [0.25, 0.3) is 11.3 Å². The van der Waals surface area contributed by atoms with Gasteiger partial charge in [-0.25, -0.2) is 9.97 Å². The van der Waals surface area contributed by atoms with Crippen LogP contribution in [0, 0.1) is 0 Å². The molecule has 0 unspecified atom stereocenters.